The van der Waals surface area contributed by atoms with Gasteiger partial charge in [0.25, 0.3) is 0 Å². The van der Waals surface area contributed by atoms with Crippen LogP contribution in [-0.4, -0.2) is 47.3 Å². The summed E-state index contributed by atoms with van der Waals surface area (Å²) in [5, 5.41) is 0. The smallest absolute Gasteiger partial charge is 0.222 e. The van der Waals surface area contributed by atoms with Crippen molar-refractivity contribution in [2.24, 2.45) is 11.7 Å². The Morgan fingerprint density at radius 2 is 1.84 bits per heavy atom. The number of hydrogen-bond donors (Lipinski definition) is 1. The first-order chi connectivity index (χ1) is 12.0. The summed E-state index contributed by atoms with van der Waals surface area (Å²) in [6.45, 7) is 5.59. The molecule has 0 spiro atoms. The van der Waals surface area contributed by atoms with E-state index in [4.69, 9.17) is 5.73 Å². The van der Waals surface area contributed by atoms with Crippen LogP contribution in [0.15, 0.2) is 24.3 Å². The van der Waals surface area contributed by atoms with Crippen molar-refractivity contribution in [3.63, 3.8) is 0 Å². The number of nitrogens with zero attached hydrogens (tertiary/aromatic N) is 2. The molecule has 0 radical (unpaired) electrons. The maximum absolute atomic E-state index is 12.3. The summed E-state index contributed by atoms with van der Waals surface area (Å²) in [6, 6.07) is 9.29. The Kier molecular flexibility index (Phi) is 5.74. The zero-order chi connectivity index (χ0) is 17.8. The molecule has 136 valence electrons. The zero-order valence-electron chi connectivity index (χ0n) is 15.1. The molecule has 2 aliphatic rings. The molecule has 2 amide bonds. The lowest BCUT2D eigenvalue weighted by Gasteiger charge is -2.40. The summed E-state index contributed by atoms with van der Waals surface area (Å²) >= 11 is 0. The first-order valence-corrected chi connectivity index (χ1v) is 9.42. The van der Waals surface area contributed by atoms with Gasteiger partial charge in [-0.3, -0.25) is 14.5 Å². The lowest BCUT2D eigenvalue weighted by molar-refractivity contribution is -0.133. The van der Waals surface area contributed by atoms with E-state index in [2.05, 4.69) is 29.2 Å². The maximum Gasteiger partial charge on any atom is 0.222 e. The molecular weight excluding hydrogens is 314 g/mol. The number of rotatable bonds is 5. The van der Waals surface area contributed by atoms with Gasteiger partial charge >= 0.3 is 0 Å². The van der Waals surface area contributed by atoms with E-state index in [-0.39, 0.29) is 17.7 Å². The van der Waals surface area contributed by atoms with Crippen molar-refractivity contribution in [3.8, 4) is 0 Å². The molecule has 0 aliphatic carbocycles. The predicted molar refractivity (Wildman–Crippen MR) is 97.8 cm³/mol. The van der Waals surface area contributed by atoms with Crippen molar-refractivity contribution in [2.45, 2.75) is 51.6 Å². The van der Waals surface area contributed by atoms with Gasteiger partial charge in [0.2, 0.25) is 11.8 Å². The topological polar surface area (TPSA) is 66.6 Å². The first kappa shape index (κ1) is 17.9. The molecule has 2 aliphatic heterocycles. The molecule has 5 nitrogen and oxygen atoms in total. The summed E-state index contributed by atoms with van der Waals surface area (Å²) in [5.41, 5.74) is 8.20. The molecule has 1 aromatic carbocycles. The van der Waals surface area contributed by atoms with E-state index in [9.17, 15) is 9.59 Å². The Hall–Kier alpha value is -1.88. The van der Waals surface area contributed by atoms with Crippen LogP contribution in [0.25, 0.3) is 0 Å². The van der Waals surface area contributed by atoms with E-state index >= 15 is 0 Å². The van der Waals surface area contributed by atoms with Gasteiger partial charge in [0.05, 0.1) is 0 Å². The van der Waals surface area contributed by atoms with Crippen LogP contribution in [0.5, 0.6) is 0 Å². The third kappa shape index (κ3) is 4.40. The van der Waals surface area contributed by atoms with Crippen LogP contribution < -0.4 is 5.73 Å². The standard InChI is InChI=1S/C20H29N3O2/c1-15(20(21)25)6-7-19(24)22-12-9-18(10-13-22)23-11-8-16-4-2-3-5-17(16)14-23/h2-5,15,18H,6-14H2,1H3,(H2,21,25)/t15-/m0/s1. The molecule has 0 unspecified atom stereocenters. The molecule has 0 saturated carbocycles. The van der Waals surface area contributed by atoms with E-state index in [1.54, 1.807) is 6.92 Å². The van der Waals surface area contributed by atoms with Gasteiger partial charge in [0.15, 0.2) is 0 Å². The second-order valence-corrected chi connectivity index (χ2v) is 7.44. The highest BCUT2D eigenvalue weighted by molar-refractivity contribution is 5.79. The molecule has 2 N–H and O–H groups in total. The van der Waals surface area contributed by atoms with Gasteiger partial charge in [-0.15, -0.1) is 0 Å². The second-order valence-electron chi connectivity index (χ2n) is 7.44. The third-order valence-corrected chi connectivity index (χ3v) is 5.77. The van der Waals surface area contributed by atoms with Gasteiger partial charge in [-0.05, 0) is 36.8 Å². The Morgan fingerprint density at radius 1 is 1.16 bits per heavy atom. The minimum atomic E-state index is -0.322. The molecule has 0 aromatic heterocycles. The number of nitrogens with two attached hydrogens (primary N) is 1. The van der Waals surface area contributed by atoms with E-state index in [0.717, 1.165) is 45.4 Å². The monoisotopic (exact) mass is 343 g/mol. The minimum absolute atomic E-state index is 0.163. The van der Waals surface area contributed by atoms with Crippen LogP contribution in [-0.2, 0) is 22.6 Å². The van der Waals surface area contributed by atoms with Gasteiger partial charge in [0, 0.05) is 44.6 Å². The first-order valence-electron chi connectivity index (χ1n) is 9.42. The fourth-order valence-electron chi connectivity index (χ4n) is 3.95. The van der Waals surface area contributed by atoms with Gasteiger partial charge in [-0.2, -0.15) is 0 Å². The van der Waals surface area contributed by atoms with Crippen molar-refractivity contribution in [2.75, 3.05) is 19.6 Å². The SMILES string of the molecule is C[C@@H](CCC(=O)N1CCC(N2CCc3ccccc3C2)CC1)C(N)=O. The highest BCUT2D eigenvalue weighted by atomic mass is 16.2. The van der Waals surface area contributed by atoms with Gasteiger partial charge in [0.1, 0.15) is 0 Å². The van der Waals surface area contributed by atoms with Crippen molar-refractivity contribution < 1.29 is 9.59 Å². The van der Waals surface area contributed by atoms with Crippen molar-refractivity contribution in [1.29, 1.82) is 0 Å². The number of primary amides is 1. The second kappa shape index (κ2) is 8.00. The van der Waals surface area contributed by atoms with Crippen molar-refractivity contribution in [1.82, 2.24) is 9.80 Å². The quantitative estimate of drug-likeness (QED) is 0.888. The van der Waals surface area contributed by atoms with Gasteiger partial charge < -0.3 is 10.6 Å². The Labute approximate surface area is 150 Å². The number of piperidine rings is 1. The molecule has 1 fully saturated rings. The Morgan fingerprint density at radius 3 is 2.52 bits per heavy atom. The summed E-state index contributed by atoms with van der Waals surface area (Å²) in [4.78, 5) is 28.0. The van der Waals surface area contributed by atoms with E-state index < -0.39 is 0 Å². The molecule has 1 saturated heterocycles. The summed E-state index contributed by atoms with van der Waals surface area (Å²) in [7, 11) is 0. The highest BCUT2D eigenvalue weighted by Gasteiger charge is 2.28. The fourth-order valence-corrected chi connectivity index (χ4v) is 3.95. The molecule has 3 rings (SSSR count). The third-order valence-electron chi connectivity index (χ3n) is 5.77. The molecule has 1 atom stereocenters. The maximum atomic E-state index is 12.3. The summed E-state index contributed by atoms with van der Waals surface area (Å²) < 4.78 is 0. The molecule has 5 heteroatoms. The van der Waals surface area contributed by atoms with Crippen LogP contribution in [0.2, 0.25) is 0 Å². The van der Waals surface area contributed by atoms with Crippen molar-refractivity contribution in [3.05, 3.63) is 35.4 Å². The average molecular weight is 343 g/mol. The van der Waals surface area contributed by atoms with Crippen molar-refractivity contribution >= 4 is 11.8 Å². The van der Waals surface area contributed by atoms with E-state index in [1.165, 1.54) is 11.1 Å². The zero-order valence-corrected chi connectivity index (χ0v) is 15.1. The molecule has 2 heterocycles. The van der Waals surface area contributed by atoms with Crippen LogP contribution >= 0.6 is 0 Å². The van der Waals surface area contributed by atoms with E-state index in [1.807, 2.05) is 4.90 Å². The van der Waals surface area contributed by atoms with Gasteiger partial charge in [-0.1, -0.05) is 31.2 Å². The highest BCUT2D eigenvalue weighted by Crippen LogP contribution is 2.25. The Balaban J connectivity index is 1.46. The molecule has 25 heavy (non-hydrogen) atoms. The number of likely N-dealkylation sites (tertiary alicyclic amines) is 1. The average Bonchev–Trinajstić information content (AvgIpc) is 2.65. The summed E-state index contributed by atoms with van der Waals surface area (Å²) in [6.07, 6.45) is 4.18. The largest absolute Gasteiger partial charge is 0.369 e. The summed E-state index contributed by atoms with van der Waals surface area (Å²) in [5.74, 6) is -0.387. The number of carbonyl (C=O) groups excluding carboxylic acids is 2. The van der Waals surface area contributed by atoms with Crippen LogP contribution in [0.1, 0.15) is 43.7 Å². The normalized spacial score (nSPS) is 20.1. The number of carbonyl (C=O) groups is 2. The number of amides is 2. The van der Waals surface area contributed by atoms with Gasteiger partial charge in [-0.25, -0.2) is 0 Å². The lowest BCUT2D eigenvalue weighted by atomic mass is 9.95. The molecule has 0 bridgehead atoms. The number of hydrogen-bond acceptors (Lipinski definition) is 3. The van der Waals surface area contributed by atoms with E-state index in [0.29, 0.717) is 18.9 Å². The molecule has 1 aromatic rings. The number of benzene rings is 1. The molecular formula is C20H29N3O2. The predicted octanol–water partition coefficient (Wildman–Crippen LogP) is 1.94. The van der Waals surface area contributed by atoms with Crippen LogP contribution in [0, 0.1) is 5.92 Å². The lowest BCUT2D eigenvalue weighted by Crippen LogP contribution is -2.48. The van der Waals surface area contributed by atoms with Crippen LogP contribution in [0.4, 0.5) is 0 Å². The number of fused-ring (bicyclic) bond motifs is 1. The Bertz CT molecular complexity index is 623. The fraction of sp³-hybridized carbons (Fsp3) is 0.600. The minimum Gasteiger partial charge on any atom is -0.369 e. The van der Waals surface area contributed by atoms with Crippen LogP contribution in [0.3, 0.4) is 0 Å².